The minimum Gasteiger partial charge on any atom is -0.339 e. The molecule has 0 bridgehead atoms. The number of nitrogens with zero attached hydrogens (tertiary/aromatic N) is 2. The van der Waals surface area contributed by atoms with Crippen molar-refractivity contribution in [1.82, 2.24) is 15.5 Å². The van der Waals surface area contributed by atoms with Crippen LogP contribution in [0.25, 0.3) is 11.4 Å². The average Bonchev–Trinajstić information content (AvgIpc) is 2.90. The van der Waals surface area contributed by atoms with E-state index in [2.05, 4.69) is 22.4 Å². The second-order valence-electron chi connectivity index (χ2n) is 4.62. The molecule has 4 nitrogen and oxygen atoms in total. The van der Waals surface area contributed by atoms with E-state index in [0.29, 0.717) is 29.7 Å². The monoisotopic (exact) mass is 297 g/mol. The number of hydrogen-bond donors (Lipinski definition) is 1. The molecule has 0 aliphatic carbocycles. The molecule has 2 aromatic rings. The summed E-state index contributed by atoms with van der Waals surface area (Å²) in [5.41, 5.74) is 0.642. The Kier molecular flexibility index (Phi) is 5.09. The van der Waals surface area contributed by atoms with Gasteiger partial charge in [-0.1, -0.05) is 30.1 Å². The summed E-state index contributed by atoms with van der Waals surface area (Å²) in [6.45, 7) is 2.13. The third-order valence-corrected chi connectivity index (χ3v) is 3.40. The van der Waals surface area contributed by atoms with Crippen LogP contribution in [0.2, 0.25) is 5.02 Å². The van der Waals surface area contributed by atoms with Crippen molar-refractivity contribution in [1.29, 1.82) is 0 Å². The van der Waals surface area contributed by atoms with Gasteiger partial charge >= 0.3 is 0 Å². The number of likely N-dealkylation sites (N-methyl/N-ethyl adjacent to an activating group) is 1. The minimum absolute atomic E-state index is 0.0490. The Hall–Kier alpha value is -1.46. The van der Waals surface area contributed by atoms with Crippen LogP contribution in [-0.2, 0) is 6.42 Å². The Morgan fingerprint density at radius 2 is 2.25 bits per heavy atom. The zero-order chi connectivity index (χ0) is 14.5. The van der Waals surface area contributed by atoms with E-state index >= 15 is 0 Å². The molecular formula is C14H17ClFN3O. The van der Waals surface area contributed by atoms with Crippen molar-refractivity contribution in [3.05, 3.63) is 34.9 Å². The van der Waals surface area contributed by atoms with Gasteiger partial charge in [-0.2, -0.15) is 4.98 Å². The number of benzene rings is 1. The molecule has 0 saturated heterocycles. The van der Waals surface area contributed by atoms with Crippen molar-refractivity contribution in [3.63, 3.8) is 0 Å². The maximum atomic E-state index is 13.1. The molecule has 108 valence electrons. The Morgan fingerprint density at radius 3 is 2.90 bits per heavy atom. The van der Waals surface area contributed by atoms with Crippen LogP contribution < -0.4 is 5.32 Å². The fraction of sp³-hybridized carbons (Fsp3) is 0.429. The van der Waals surface area contributed by atoms with Gasteiger partial charge in [0.15, 0.2) is 0 Å². The van der Waals surface area contributed by atoms with Gasteiger partial charge in [0.05, 0.1) is 5.02 Å². The lowest BCUT2D eigenvalue weighted by Crippen LogP contribution is -2.27. The molecule has 1 heterocycles. The molecule has 1 aromatic carbocycles. The summed E-state index contributed by atoms with van der Waals surface area (Å²) in [5.74, 6) is 0.527. The van der Waals surface area contributed by atoms with E-state index < -0.39 is 5.82 Å². The second kappa shape index (κ2) is 6.81. The Morgan fingerprint density at radius 1 is 1.45 bits per heavy atom. The lowest BCUT2D eigenvalue weighted by atomic mass is 10.1. The highest BCUT2D eigenvalue weighted by atomic mass is 35.5. The van der Waals surface area contributed by atoms with Gasteiger partial charge in [-0.3, -0.25) is 0 Å². The van der Waals surface area contributed by atoms with Crippen molar-refractivity contribution in [2.75, 3.05) is 7.05 Å². The summed E-state index contributed by atoms with van der Waals surface area (Å²) < 4.78 is 18.3. The van der Waals surface area contributed by atoms with E-state index in [-0.39, 0.29) is 5.02 Å². The molecule has 0 aliphatic heterocycles. The summed E-state index contributed by atoms with van der Waals surface area (Å²) in [4.78, 5) is 4.32. The van der Waals surface area contributed by atoms with Crippen LogP contribution >= 0.6 is 11.6 Å². The molecule has 1 atom stereocenters. The first-order valence-corrected chi connectivity index (χ1v) is 6.97. The zero-order valence-corrected chi connectivity index (χ0v) is 12.2. The van der Waals surface area contributed by atoms with Crippen LogP contribution in [0.5, 0.6) is 0 Å². The number of aromatic nitrogens is 2. The van der Waals surface area contributed by atoms with Gasteiger partial charge in [-0.05, 0) is 31.7 Å². The number of rotatable bonds is 6. The molecule has 2 rings (SSSR count). The van der Waals surface area contributed by atoms with Crippen molar-refractivity contribution >= 4 is 11.6 Å². The van der Waals surface area contributed by atoms with Crippen LogP contribution in [-0.4, -0.2) is 23.2 Å². The molecule has 0 fully saturated rings. The highest BCUT2D eigenvalue weighted by molar-refractivity contribution is 6.31. The topological polar surface area (TPSA) is 51.0 Å². The SMILES string of the molecule is CCCC(Cc1nc(-c2ccc(F)c(Cl)c2)no1)NC. The van der Waals surface area contributed by atoms with E-state index in [1.807, 2.05) is 7.05 Å². The molecule has 1 unspecified atom stereocenters. The molecule has 1 N–H and O–H groups in total. The highest BCUT2D eigenvalue weighted by Crippen LogP contribution is 2.23. The first kappa shape index (κ1) is 14.9. The fourth-order valence-corrected chi connectivity index (χ4v) is 2.18. The molecule has 6 heteroatoms. The third kappa shape index (κ3) is 3.55. The predicted octanol–water partition coefficient (Wildman–Crippen LogP) is 3.46. The number of hydrogen-bond acceptors (Lipinski definition) is 4. The summed E-state index contributed by atoms with van der Waals surface area (Å²) in [7, 11) is 1.91. The van der Waals surface area contributed by atoms with Gasteiger partial charge in [0.2, 0.25) is 11.7 Å². The van der Waals surface area contributed by atoms with E-state index in [0.717, 1.165) is 12.8 Å². The van der Waals surface area contributed by atoms with E-state index in [4.69, 9.17) is 16.1 Å². The Balaban J connectivity index is 2.13. The highest BCUT2D eigenvalue weighted by Gasteiger charge is 2.14. The first-order valence-electron chi connectivity index (χ1n) is 6.59. The molecule has 0 saturated carbocycles. The smallest absolute Gasteiger partial charge is 0.228 e. The van der Waals surface area contributed by atoms with E-state index in [9.17, 15) is 4.39 Å². The maximum absolute atomic E-state index is 13.1. The largest absolute Gasteiger partial charge is 0.339 e. The zero-order valence-electron chi connectivity index (χ0n) is 11.5. The summed E-state index contributed by atoms with van der Waals surface area (Å²) >= 11 is 5.75. The molecule has 0 radical (unpaired) electrons. The van der Waals surface area contributed by atoms with Gasteiger partial charge in [0.25, 0.3) is 0 Å². The second-order valence-corrected chi connectivity index (χ2v) is 5.03. The molecule has 0 aliphatic rings. The van der Waals surface area contributed by atoms with Crippen LogP contribution in [0.4, 0.5) is 4.39 Å². The average molecular weight is 298 g/mol. The molecular weight excluding hydrogens is 281 g/mol. The van der Waals surface area contributed by atoms with Gasteiger partial charge in [-0.25, -0.2) is 4.39 Å². The first-order chi connectivity index (χ1) is 9.63. The van der Waals surface area contributed by atoms with Gasteiger partial charge in [0.1, 0.15) is 5.82 Å². The van der Waals surface area contributed by atoms with E-state index in [1.54, 1.807) is 6.07 Å². The van der Waals surface area contributed by atoms with Gasteiger partial charge in [-0.15, -0.1) is 0 Å². The molecule has 0 spiro atoms. The summed E-state index contributed by atoms with van der Waals surface area (Å²) in [6.07, 6.45) is 2.79. The summed E-state index contributed by atoms with van der Waals surface area (Å²) in [5, 5.41) is 7.18. The normalized spacial score (nSPS) is 12.6. The molecule has 0 amide bonds. The van der Waals surface area contributed by atoms with Crippen LogP contribution in [0.1, 0.15) is 25.7 Å². The summed E-state index contributed by atoms with van der Waals surface area (Å²) in [6, 6.07) is 4.68. The van der Waals surface area contributed by atoms with Crippen molar-refractivity contribution in [2.24, 2.45) is 0 Å². The lowest BCUT2D eigenvalue weighted by Gasteiger charge is -2.11. The Bertz CT molecular complexity index is 573. The van der Waals surface area contributed by atoms with E-state index in [1.165, 1.54) is 12.1 Å². The third-order valence-electron chi connectivity index (χ3n) is 3.11. The van der Waals surface area contributed by atoms with Crippen molar-refractivity contribution < 1.29 is 8.91 Å². The lowest BCUT2D eigenvalue weighted by molar-refractivity contribution is 0.356. The van der Waals surface area contributed by atoms with Crippen LogP contribution in [0.15, 0.2) is 22.7 Å². The molecule has 1 aromatic heterocycles. The maximum Gasteiger partial charge on any atom is 0.228 e. The predicted molar refractivity (Wildman–Crippen MR) is 76.2 cm³/mol. The molecule has 20 heavy (non-hydrogen) atoms. The Labute approximate surface area is 122 Å². The standard InChI is InChI=1S/C14H17ClFN3O/c1-3-4-10(17-2)8-13-18-14(19-20-13)9-5-6-12(16)11(15)7-9/h5-7,10,17H,3-4,8H2,1-2H3. The fourth-order valence-electron chi connectivity index (χ4n) is 2.00. The van der Waals surface area contributed by atoms with Crippen molar-refractivity contribution in [2.45, 2.75) is 32.2 Å². The van der Waals surface area contributed by atoms with Crippen LogP contribution in [0, 0.1) is 5.82 Å². The van der Waals surface area contributed by atoms with Gasteiger partial charge in [0, 0.05) is 18.0 Å². The van der Waals surface area contributed by atoms with Crippen molar-refractivity contribution in [3.8, 4) is 11.4 Å². The number of halogens is 2. The minimum atomic E-state index is -0.461. The van der Waals surface area contributed by atoms with Crippen LogP contribution in [0.3, 0.4) is 0 Å². The van der Waals surface area contributed by atoms with Gasteiger partial charge < -0.3 is 9.84 Å². The quantitative estimate of drug-likeness (QED) is 0.887. The number of nitrogens with one attached hydrogen (secondary N) is 1.